The van der Waals surface area contributed by atoms with Crippen LogP contribution in [0.2, 0.25) is 0 Å². The number of carbonyl (C=O) groups excluding carboxylic acids is 2. The van der Waals surface area contributed by atoms with Crippen LogP contribution >= 0.6 is 58.2 Å². The number of thiophene rings is 3. The largest absolute Gasteiger partial charge is 0.534 e. The first-order chi connectivity index (χ1) is 51.6. The number of fused-ring (bicyclic) bond motifs is 7. The smallest absolute Gasteiger partial charge is 0.396 e. The van der Waals surface area contributed by atoms with E-state index in [4.69, 9.17) is 53.2 Å². The van der Waals surface area contributed by atoms with Crippen LogP contribution in [0.5, 0.6) is 5.88 Å². The van der Waals surface area contributed by atoms with Gasteiger partial charge in [0.2, 0.25) is 18.7 Å². The first kappa shape index (κ1) is 86.6. The van der Waals surface area contributed by atoms with Crippen LogP contribution in [0.15, 0.2) is 41.9 Å². The molecule has 0 unspecified atom stereocenters. The van der Waals surface area contributed by atoms with Crippen molar-refractivity contribution in [1.29, 1.82) is 15.8 Å². The molecule has 0 radical (unpaired) electrons. The van der Waals surface area contributed by atoms with Crippen LogP contribution in [0.4, 0.5) is 47.9 Å². The van der Waals surface area contributed by atoms with Gasteiger partial charge in [-0.05, 0) is 145 Å². The highest BCUT2D eigenvalue weighted by atomic mass is 35.5. The Kier molecular flexibility index (Phi) is 33.5. The van der Waals surface area contributed by atoms with E-state index in [1.54, 1.807) is 42.0 Å². The molecule has 13 heterocycles. The Hall–Kier alpha value is -8.61. The zero-order valence-corrected chi connectivity index (χ0v) is 66.3. The van der Waals surface area contributed by atoms with Crippen molar-refractivity contribution in [2.45, 2.75) is 165 Å². The summed E-state index contributed by atoms with van der Waals surface area (Å²) in [6.45, 7) is 16.4. The number of thioether (sulfide) groups is 1. The molecular weight excluding hydrogens is 1510 g/mol. The SMILES string of the molecule is CCCc1cc(N2CCC(N)CC2)nc2sc3c(N)ncnc3c12.CCCc1cc(N2CCC(NC)CC2)nc2sc(C#N)c(N)c12.CCCc1cc(N2CCC(NC=O)CC2)nc2sc3c(N)ncnc3c12.CCCc1cc(OS(=O)(=O)C(F)(F)F)nc(SCC#N)c1C#N.CNC1CCNCC1.Cl.NC=O. The fourth-order valence-electron chi connectivity index (χ4n) is 13.0. The van der Waals surface area contributed by atoms with E-state index in [2.05, 4.69) is 116 Å². The number of aryl methyl sites for hydroxylation is 4. The van der Waals surface area contributed by atoms with Crippen LogP contribution in [-0.4, -0.2) is 163 Å². The average molecular weight is 1600 g/mol. The molecule has 0 aliphatic carbocycles. The Bertz CT molecular complexity index is 4710. The number of hydrogen-bond donors (Lipinski definition) is 9. The zero-order valence-electron chi connectivity index (χ0n) is 61.4. The molecule has 0 atom stereocenters. The van der Waals surface area contributed by atoms with Gasteiger partial charge in [-0.25, -0.2) is 39.9 Å². The summed E-state index contributed by atoms with van der Waals surface area (Å²) in [5.41, 5.74) is 29.5. The fraction of sp³-hybridized carbons (Fsp3) is 0.507. The molecule has 4 aliphatic heterocycles. The second-order valence-corrected chi connectivity index (χ2v) is 31.2. The van der Waals surface area contributed by atoms with Crippen LogP contribution in [0.3, 0.4) is 0 Å². The van der Waals surface area contributed by atoms with Crippen LogP contribution < -0.4 is 68.8 Å². The zero-order chi connectivity index (χ0) is 77.4. The van der Waals surface area contributed by atoms with Gasteiger partial charge < -0.3 is 68.8 Å². The summed E-state index contributed by atoms with van der Waals surface area (Å²) in [6, 6.07) is 15.4. The lowest BCUT2D eigenvalue weighted by Crippen LogP contribution is -2.42. The van der Waals surface area contributed by atoms with E-state index in [9.17, 15) is 31.6 Å². The molecule has 4 saturated heterocycles. The predicted molar refractivity (Wildman–Crippen MR) is 430 cm³/mol. The number of carbonyl (C=O) groups is 2. The lowest BCUT2D eigenvalue weighted by atomic mass is 10.0. The molecule has 0 saturated carbocycles. The number of nitrogens with two attached hydrogens (primary N) is 5. The van der Waals surface area contributed by atoms with Crippen molar-refractivity contribution < 1.29 is 35.4 Å². The van der Waals surface area contributed by atoms with Gasteiger partial charge in [0.25, 0.3) is 0 Å². The number of aromatic nitrogens is 8. The van der Waals surface area contributed by atoms with Crippen LogP contribution in [-0.2, 0) is 45.4 Å². The third-order valence-electron chi connectivity index (χ3n) is 18.5. The first-order valence-electron chi connectivity index (χ1n) is 35.7. The number of halogens is 4. The summed E-state index contributed by atoms with van der Waals surface area (Å²) in [7, 11) is -1.79. The standard InChI is InChI=1S/C18H22N6OS.C17H22N6S.C17H23N5S.C12H10F3N3O3S2.C6H14N2.CH3NO.ClH/c1-2-3-11-8-13(24-6-4-12(5-7-24)22-10-25)23-18-14(11)15-16(26-18)17(19)21-9-20-15;1-2-3-10-8-12(23-6-4-11(18)5-7-23)22-17-13(10)14-15(24-17)16(19)21-9-20-14;1-3-4-11-9-14(22-7-5-12(20-2)6-8-22)21-17-15(11)16(19)13(10-18)23-17;1-2-3-8-6-10(21-23(19,20)12(13,14)15)18-11(9(8)7-17)22-5-4-16;1-7-6-2-4-8-5-3-6;2-1-3;/h8-10,12H,2-7H2,1H3,(H,22,25)(H2,19,20,21);8-9,11H,2-7,18H2,1H3,(H2,19,20,21);9,12,20H,3-8,19H2,1-2H3;6H,2-3,5H2,1H3;6-8H,2-5H2,1H3;1H,(H2,2,3);1H. The van der Waals surface area contributed by atoms with Crippen molar-refractivity contribution in [3.63, 3.8) is 0 Å². The maximum absolute atomic E-state index is 12.4. The number of primary amides is 1. The van der Waals surface area contributed by atoms with Crippen LogP contribution in [0.25, 0.3) is 51.1 Å². The van der Waals surface area contributed by atoms with E-state index < -0.39 is 21.5 Å². The monoisotopic (exact) mass is 1600 g/mol. The summed E-state index contributed by atoms with van der Waals surface area (Å²) in [4.78, 5) is 65.2. The number of piperidine rings is 4. The van der Waals surface area contributed by atoms with E-state index >= 15 is 0 Å². The number of hydrogen-bond acceptors (Lipinski definition) is 30. The Morgan fingerprint density at radius 1 is 0.630 bits per heavy atom. The van der Waals surface area contributed by atoms with Gasteiger partial charge in [0.15, 0.2) is 0 Å². The Labute approximate surface area is 649 Å². The highest BCUT2D eigenvalue weighted by molar-refractivity contribution is 7.99. The number of nitrogens with one attached hydrogen (secondary N) is 4. The molecular formula is C71H95ClF3N23O5S5. The van der Waals surface area contributed by atoms with Gasteiger partial charge in [-0.1, -0.05) is 65.1 Å². The van der Waals surface area contributed by atoms with Crippen molar-refractivity contribution in [3.8, 4) is 24.1 Å². The maximum Gasteiger partial charge on any atom is 0.534 e. The number of nitrogen functional groups attached to an aromatic ring is 3. The van der Waals surface area contributed by atoms with Gasteiger partial charge in [0.05, 0.1) is 43.5 Å². The molecule has 2 amide bonds. The molecule has 0 bridgehead atoms. The molecule has 0 spiro atoms. The summed E-state index contributed by atoms with van der Waals surface area (Å²) in [6.07, 6.45) is 19.9. The average Bonchev–Trinajstić information content (AvgIpc) is 1.61. The number of pyridine rings is 4. The molecule has 37 heteroatoms. The van der Waals surface area contributed by atoms with E-state index in [0.717, 1.165) is 215 Å². The third kappa shape index (κ3) is 22.1. The number of nitrogens with zero attached hydrogens (tertiary/aromatic N) is 14. The summed E-state index contributed by atoms with van der Waals surface area (Å²) in [5.74, 6) is 3.24. The van der Waals surface area contributed by atoms with Gasteiger partial charge in [0.1, 0.15) is 78.3 Å². The van der Waals surface area contributed by atoms with Crippen LogP contribution in [0, 0.1) is 34.0 Å². The van der Waals surface area contributed by atoms with E-state index in [1.807, 2.05) is 20.2 Å². The van der Waals surface area contributed by atoms with Crippen molar-refractivity contribution in [3.05, 3.63) is 69.6 Å². The number of anilines is 6. The van der Waals surface area contributed by atoms with Gasteiger partial charge in [-0.2, -0.15) is 37.4 Å². The molecule has 4 fully saturated rings. The Morgan fingerprint density at radius 3 is 1.46 bits per heavy atom. The van der Waals surface area contributed by atoms with E-state index in [0.29, 0.717) is 52.7 Å². The number of nitriles is 3. The molecule has 28 nitrogen and oxygen atoms in total. The van der Waals surface area contributed by atoms with Crippen molar-refractivity contribution >= 4 is 167 Å². The number of alkyl halides is 3. The lowest BCUT2D eigenvalue weighted by molar-refractivity contribution is -0.110. The van der Waals surface area contributed by atoms with Crippen molar-refractivity contribution in [2.24, 2.45) is 11.5 Å². The third-order valence-corrected chi connectivity index (χ3v) is 23.5. The van der Waals surface area contributed by atoms with E-state index in [1.165, 1.54) is 60.3 Å². The second-order valence-electron chi connectivity index (χ2n) is 25.7. The maximum atomic E-state index is 12.4. The van der Waals surface area contributed by atoms with Gasteiger partial charge in [-0.3, -0.25) is 9.59 Å². The molecule has 108 heavy (non-hydrogen) atoms. The van der Waals surface area contributed by atoms with Crippen LogP contribution in [0.1, 0.15) is 137 Å². The topological polar surface area (TPSA) is 440 Å². The highest BCUT2D eigenvalue weighted by Gasteiger charge is 2.49. The minimum atomic E-state index is -5.86. The Morgan fingerprint density at radius 2 is 1.06 bits per heavy atom. The summed E-state index contributed by atoms with van der Waals surface area (Å²) in [5, 5.41) is 43.0. The van der Waals surface area contributed by atoms with Crippen molar-refractivity contribution in [1.82, 2.24) is 61.1 Å². The molecule has 13 rings (SSSR count). The number of amides is 2. The van der Waals surface area contributed by atoms with E-state index in [-0.39, 0.29) is 41.2 Å². The fourth-order valence-corrected chi connectivity index (χ4v) is 17.2. The van der Waals surface area contributed by atoms with Gasteiger partial charge >= 0.3 is 15.6 Å². The normalized spacial score (nSPS) is 15.1. The number of rotatable bonds is 19. The molecule has 0 aromatic carbocycles. The molecule has 14 N–H and O–H groups in total. The minimum absolute atomic E-state index is 0. The highest BCUT2D eigenvalue weighted by Crippen LogP contribution is 2.42. The second kappa shape index (κ2) is 41.8. The summed E-state index contributed by atoms with van der Waals surface area (Å²) < 4.78 is 65.1. The van der Waals surface area contributed by atoms with Gasteiger partial charge in [-0.15, -0.1) is 46.4 Å². The predicted octanol–water partition coefficient (Wildman–Crippen LogP) is 10.3. The summed E-state index contributed by atoms with van der Waals surface area (Å²) >= 11 is 5.38. The molecule has 9 aromatic heterocycles. The molecule has 9 aromatic rings. The van der Waals surface area contributed by atoms with Crippen molar-refractivity contribution in [2.75, 3.05) is 104 Å². The molecule has 582 valence electrons. The Balaban J connectivity index is 0.000000191. The lowest BCUT2D eigenvalue weighted by Gasteiger charge is -2.32. The minimum Gasteiger partial charge on any atom is -0.396 e. The molecule has 4 aliphatic rings. The quantitative estimate of drug-likeness (QED) is 0.0157. The first-order valence-corrected chi connectivity index (χ1v) is 40.5. The van der Waals surface area contributed by atoms with Gasteiger partial charge in [0, 0.05) is 85.7 Å².